The van der Waals surface area contributed by atoms with Gasteiger partial charge in [-0.1, -0.05) is 26.0 Å². The predicted molar refractivity (Wildman–Crippen MR) is 109 cm³/mol. The van der Waals surface area contributed by atoms with Gasteiger partial charge in [0.25, 0.3) is 5.91 Å². The Hall–Kier alpha value is -2.87. The average molecular weight is 400 g/mol. The summed E-state index contributed by atoms with van der Waals surface area (Å²) < 4.78 is 5.18. The molecular formula is C21H28N4O4. The third kappa shape index (κ3) is 3.85. The molecule has 0 radical (unpaired) electrons. The van der Waals surface area contributed by atoms with Crippen LogP contribution >= 0.6 is 0 Å². The fourth-order valence-electron chi connectivity index (χ4n) is 3.80. The monoisotopic (exact) mass is 400 g/mol. The fourth-order valence-corrected chi connectivity index (χ4v) is 3.80. The highest BCUT2D eigenvalue weighted by Crippen LogP contribution is 2.34. The lowest BCUT2D eigenvalue weighted by molar-refractivity contribution is -0.137. The minimum absolute atomic E-state index is 0.315. The van der Waals surface area contributed by atoms with Crippen molar-refractivity contribution < 1.29 is 19.1 Å². The molecule has 1 fully saturated rings. The Morgan fingerprint density at radius 3 is 2.41 bits per heavy atom. The molecule has 1 saturated heterocycles. The van der Waals surface area contributed by atoms with Crippen LogP contribution in [-0.4, -0.2) is 73.1 Å². The number of anilines is 1. The van der Waals surface area contributed by atoms with Gasteiger partial charge < -0.3 is 19.9 Å². The van der Waals surface area contributed by atoms with Crippen LogP contribution in [-0.2, 0) is 14.3 Å². The van der Waals surface area contributed by atoms with Gasteiger partial charge in [0.15, 0.2) is 0 Å². The van der Waals surface area contributed by atoms with E-state index in [9.17, 15) is 14.4 Å². The summed E-state index contributed by atoms with van der Waals surface area (Å²) in [5, 5.41) is 2.90. The molecule has 0 spiro atoms. The number of urea groups is 1. The summed E-state index contributed by atoms with van der Waals surface area (Å²) >= 11 is 0. The molecule has 0 saturated carbocycles. The molecule has 1 aromatic rings. The number of hydrogen-bond acceptors (Lipinski definition) is 5. The molecular weight excluding hydrogens is 372 g/mol. The van der Waals surface area contributed by atoms with Crippen LogP contribution in [0.25, 0.3) is 0 Å². The topological polar surface area (TPSA) is 82.2 Å². The maximum Gasteiger partial charge on any atom is 0.327 e. The average Bonchev–Trinajstić information content (AvgIpc) is 3.09. The number of rotatable bonds is 6. The molecule has 2 aliphatic rings. The summed E-state index contributed by atoms with van der Waals surface area (Å²) in [6.45, 7) is 4.97. The molecule has 1 aromatic carbocycles. The molecule has 2 unspecified atom stereocenters. The molecule has 4 amide bonds. The van der Waals surface area contributed by atoms with Crippen LogP contribution in [0.5, 0.6) is 0 Å². The molecule has 0 bridgehead atoms. The second kappa shape index (κ2) is 8.24. The van der Waals surface area contributed by atoms with E-state index in [1.165, 1.54) is 17.5 Å². The van der Waals surface area contributed by atoms with Gasteiger partial charge in [-0.05, 0) is 29.7 Å². The Balaban J connectivity index is 1.86. The van der Waals surface area contributed by atoms with E-state index in [-0.39, 0.29) is 11.8 Å². The molecule has 2 heterocycles. The summed E-state index contributed by atoms with van der Waals surface area (Å²) in [7, 11) is 4.67. The van der Waals surface area contributed by atoms with Gasteiger partial charge >= 0.3 is 6.03 Å². The van der Waals surface area contributed by atoms with Gasteiger partial charge in [-0.2, -0.15) is 0 Å². The zero-order chi connectivity index (χ0) is 21.3. The second-order valence-corrected chi connectivity index (χ2v) is 7.70. The molecule has 8 nitrogen and oxygen atoms in total. The van der Waals surface area contributed by atoms with Crippen molar-refractivity contribution in [1.82, 2.24) is 14.7 Å². The maximum atomic E-state index is 13.0. The zero-order valence-electron chi connectivity index (χ0n) is 17.5. The number of amides is 4. The number of methoxy groups -OCH3 is 1. The molecule has 8 heteroatoms. The van der Waals surface area contributed by atoms with E-state index >= 15 is 0 Å². The third-order valence-corrected chi connectivity index (χ3v) is 5.49. The quantitative estimate of drug-likeness (QED) is 0.790. The summed E-state index contributed by atoms with van der Waals surface area (Å²) in [5.74, 6) is -0.821. The first kappa shape index (κ1) is 20.9. The van der Waals surface area contributed by atoms with Crippen molar-refractivity contribution in [3.63, 3.8) is 0 Å². The highest BCUT2D eigenvalue weighted by atomic mass is 16.5. The van der Waals surface area contributed by atoms with Crippen LogP contribution < -0.4 is 5.32 Å². The minimum Gasteiger partial charge on any atom is -0.383 e. The van der Waals surface area contributed by atoms with E-state index in [1.54, 1.807) is 25.1 Å². The lowest BCUT2D eigenvalue weighted by Crippen LogP contribution is -2.62. The summed E-state index contributed by atoms with van der Waals surface area (Å²) in [6.07, 6.45) is 1.12. The molecule has 0 aromatic heterocycles. The molecule has 2 aliphatic heterocycles. The number of hydrogen-bond donors (Lipinski definition) is 1. The fraction of sp³-hybridized carbons (Fsp3) is 0.476. The van der Waals surface area contributed by atoms with Crippen LogP contribution in [0.15, 0.2) is 36.0 Å². The van der Waals surface area contributed by atoms with Crippen molar-refractivity contribution in [3.8, 4) is 0 Å². The molecule has 2 atom stereocenters. The van der Waals surface area contributed by atoms with Crippen molar-refractivity contribution in [3.05, 3.63) is 41.6 Å². The number of benzene rings is 1. The first-order valence-electron chi connectivity index (χ1n) is 9.69. The van der Waals surface area contributed by atoms with Gasteiger partial charge in [-0.3, -0.25) is 14.5 Å². The first-order valence-corrected chi connectivity index (χ1v) is 9.69. The molecule has 1 N–H and O–H groups in total. The number of carbonyl (C=O) groups is 3. The molecule has 29 heavy (non-hydrogen) atoms. The maximum absolute atomic E-state index is 13.0. The Morgan fingerprint density at radius 2 is 1.83 bits per heavy atom. The standard InChI is InChI=1S/C21H28N4O4/c1-13(2)14-6-8-15(9-7-14)22-18(26)17-12-16-19(25(17)10-11-29-5)23(3)21(28)24(4)20(16)27/h6-9,12-13,16,19H,10-11H2,1-5H3,(H,22,26). The highest BCUT2D eigenvalue weighted by molar-refractivity contribution is 6.06. The van der Waals surface area contributed by atoms with E-state index in [4.69, 9.17) is 4.74 Å². The minimum atomic E-state index is -0.594. The lowest BCUT2D eigenvalue weighted by Gasteiger charge is -2.43. The van der Waals surface area contributed by atoms with E-state index in [1.807, 2.05) is 24.3 Å². The van der Waals surface area contributed by atoms with Crippen molar-refractivity contribution in [2.45, 2.75) is 25.9 Å². The number of ether oxygens (including phenoxy) is 1. The SMILES string of the molecule is COCCN1C(C(=O)Nc2ccc(C(C)C)cc2)=CC2C(=O)N(C)C(=O)N(C)C21. The summed E-state index contributed by atoms with van der Waals surface area (Å²) in [5.41, 5.74) is 2.23. The Labute approximate surface area is 171 Å². The molecule has 3 rings (SSSR count). The van der Waals surface area contributed by atoms with Crippen LogP contribution in [0.1, 0.15) is 25.3 Å². The lowest BCUT2D eigenvalue weighted by atomic mass is 10.0. The van der Waals surface area contributed by atoms with Gasteiger partial charge in [-0.25, -0.2) is 4.79 Å². The van der Waals surface area contributed by atoms with Crippen LogP contribution in [0, 0.1) is 5.92 Å². The number of carbonyl (C=O) groups excluding carboxylic acids is 3. The number of fused-ring (bicyclic) bond motifs is 1. The Kier molecular flexibility index (Phi) is 5.93. The number of imide groups is 1. The smallest absolute Gasteiger partial charge is 0.327 e. The second-order valence-electron chi connectivity index (χ2n) is 7.70. The highest BCUT2D eigenvalue weighted by Gasteiger charge is 2.50. The predicted octanol–water partition coefficient (Wildman–Crippen LogP) is 2.06. The Bertz CT molecular complexity index is 834. The summed E-state index contributed by atoms with van der Waals surface area (Å²) in [4.78, 5) is 42.5. The number of nitrogens with zero attached hydrogens (tertiary/aromatic N) is 3. The largest absolute Gasteiger partial charge is 0.383 e. The first-order chi connectivity index (χ1) is 13.8. The van der Waals surface area contributed by atoms with Gasteiger partial charge in [0.2, 0.25) is 5.91 Å². The normalized spacial score (nSPS) is 21.6. The van der Waals surface area contributed by atoms with Crippen LogP contribution in [0.2, 0.25) is 0 Å². The van der Waals surface area contributed by atoms with Crippen LogP contribution in [0.4, 0.5) is 10.5 Å². The van der Waals surface area contributed by atoms with Crippen molar-refractivity contribution >= 4 is 23.5 Å². The van der Waals surface area contributed by atoms with Gasteiger partial charge in [0.05, 0.1) is 12.5 Å². The van der Waals surface area contributed by atoms with Crippen molar-refractivity contribution in [2.75, 3.05) is 39.7 Å². The molecule has 0 aliphatic carbocycles. The van der Waals surface area contributed by atoms with Gasteiger partial charge in [0.1, 0.15) is 11.9 Å². The Morgan fingerprint density at radius 1 is 1.17 bits per heavy atom. The zero-order valence-corrected chi connectivity index (χ0v) is 17.5. The third-order valence-electron chi connectivity index (χ3n) is 5.49. The van der Waals surface area contributed by atoms with Crippen molar-refractivity contribution in [2.24, 2.45) is 5.92 Å². The summed E-state index contributed by atoms with van der Waals surface area (Å²) in [6, 6.07) is 7.30. The van der Waals surface area contributed by atoms with E-state index in [0.29, 0.717) is 30.5 Å². The number of nitrogens with one attached hydrogen (secondary N) is 1. The van der Waals surface area contributed by atoms with E-state index in [2.05, 4.69) is 19.2 Å². The van der Waals surface area contributed by atoms with Gasteiger partial charge in [0, 0.05) is 33.4 Å². The van der Waals surface area contributed by atoms with Crippen molar-refractivity contribution in [1.29, 1.82) is 0 Å². The molecule has 156 valence electrons. The van der Waals surface area contributed by atoms with Crippen LogP contribution in [0.3, 0.4) is 0 Å². The van der Waals surface area contributed by atoms with E-state index < -0.39 is 18.1 Å². The van der Waals surface area contributed by atoms with Gasteiger partial charge in [-0.15, -0.1) is 0 Å². The van der Waals surface area contributed by atoms with E-state index in [0.717, 1.165) is 4.90 Å².